The van der Waals surface area contributed by atoms with Gasteiger partial charge >= 0.3 is 6.18 Å². The lowest BCUT2D eigenvalue weighted by atomic mass is 9.75. The Morgan fingerprint density at radius 2 is 2.11 bits per heavy atom. The van der Waals surface area contributed by atoms with E-state index in [0.717, 1.165) is 25.3 Å². The van der Waals surface area contributed by atoms with Gasteiger partial charge in [-0.2, -0.15) is 13.2 Å². The summed E-state index contributed by atoms with van der Waals surface area (Å²) in [6.07, 6.45) is 0.958. The average Bonchev–Trinajstić information content (AvgIpc) is 2.67. The van der Waals surface area contributed by atoms with Crippen LogP contribution in [0.3, 0.4) is 0 Å². The second-order valence-corrected chi connectivity index (χ2v) is 5.97. The van der Waals surface area contributed by atoms with Crippen molar-refractivity contribution in [1.82, 2.24) is 4.98 Å². The lowest BCUT2D eigenvalue weighted by Gasteiger charge is -2.33. The molecule has 0 amide bonds. The molecule has 1 heterocycles. The minimum absolute atomic E-state index is 0.0157. The summed E-state index contributed by atoms with van der Waals surface area (Å²) in [7, 11) is 0. The van der Waals surface area contributed by atoms with Gasteiger partial charge in [0.05, 0.1) is 5.56 Å². The Hall–Kier alpha value is -1.10. The Kier molecular flexibility index (Phi) is 3.60. The monoisotopic (exact) mass is 272 g/mol. The molecular weight excluding hydrogens is 253 g/mol. The zero-order valence-corrected chi connectivity index (χ0v) is 11.2. The zero-order chi connectivity index (χ0) is 14.3. The molecule has 1 aromatic rings. The lowest BCUT2D eigenvalue weighted by molar-refractivity contribution is -0.138. The van der Waals surface area contributed by atoms with Gasteiger partial charge in [0.15, 0.2) is 0 Å². The van der Waals surface area contributed by atoms with Gasteiger partial charge in [0, 0.05) is 18.4 Å². The molecule has 0 spiro atoms. The first kappa shape index (κ1) is 14.3. The third kappa shape index (κ3) is 2.76. The van der Waals surface area contributed by atoms with E-state index in [-0.39, 0.29) is 16.9 Å². The third-order valence-electron chi connectivity index (χ3n) is 4.29. The summed E-state index contributed by atoms with van der Waals surface area (Å²) in [6.45, 7) is 4.16. The van der Waals surface area contributed by atoms with Crippen molar-refractivity contribution >= 4 is 0 Å². The summed E-state index contributed by atoms with van der Waals surface area (Å²) < 4.78 is 39.0. The minimum Gasteiger partial charge on any atom is -0.324 e. The molecule has 2 atom stereocenters. The molecule has 2 rings (SSSR count). The van der Waals surface area contributed by atoms with Crippen molar-refractivity contribution in [2.45, 2.75) is 45.3 Å². The maximum atomic E-state index is 13.0. The molecule has 1 fully saturated rings. The molecular formula is C14H19F3N2. The Balaban J connectivity index is 2.37. The molecule has 0 aromatic carbocycles. The molecule has 2 N–H and O–H groups in total. The smallest absolute Gasteiger partial charge is 0.324 e. The van der Waals surface area contributed by atoms with Crippen molar-refractivity contribution in [2.75, 3.05) is 0 Å². The van der Waals surface area contributed by atoms with E-state index in [0.29, 0.717) is 0 Å². The van der Waals surface area contributed by atoms with Crippen LogP contribution in [-0.4, -0.2) is 4.98 Å². The quantitative estimate of drug-likeness (QED) is 0.886. The van der Waals surface area contributed by atoms with Crippen molar-refractivity contribution < 1.29 is 13.2 Å². The number of pyridine rings is 1. The van der Waals surface area contributed by atoms with E-state index in [1.165, 1.54) is 12.4 Å². The molecule has 106 valence electrons. The number of nitrogens with zero attached hydrogens (tertiary/aromatic N) is 1. The highest BCUT2D eigenvalue weighted by molar-refractivity contribution is 5.30. The number of alkyl halides is 3. The van der Waals surface area contributed by atoms with Crippen LogP contribution in [0.2, 0.25) is 0 Å². The molecule has 19 heavy (non-hydrogen) atoms. The van der Waals surface area contributed by atoms with Crippen LogP contribution in [0.1, 0.15) is 50.3 Å². The fraction of sp³-hybridized carbons (Fsp3) is 0.643. The third-order valence-corrected chi connectivity index (χ3v) is 4.29. The van der Waals surface area contributed by atoms with Gasteiger partial charge in [-0.15, -0.1) is 0 Å². The van der Waals surface area contributed by atoms with E-state index in [9.17, 15) is 13.2 Å². The maximum absolute atomic E-state index is 13.0. The van der Waals surface area contributed by atoms with Crippen LogP contribution in [0, 0.1) is 11.3 Å². The minimum atomic E-state index is -4.38. The van der Waals surface area contributed by atoms with Crippen LogP contribution in [0.4, 0.5) is 13.2 Å². The second kappa shape index (κ2) is 4.78. The molecule has 1 aliphatic carbocycles. The van der Waals surface area contributed by atoms with Crippen LogP contribution in [-0.2, 0) is 6.18 Å². The first-order valence-corrected chi connectivity index (χ1v) is 6.50. The van der Waals surface area contributed by atoms with Crippen LogP contribution >= 0.6 is 0 Å². The van der Waals surface area contributed by atoms with Crippen molar-refractivity contribution in [3.05, 3.63) is 29.6 Å². The van der Waals surface area contributed by atoms with Crippen molar-refractivity contribution in [1.29, 1.82) is 0 Å². The summed E-state index contributed by atoms with van der Waals surface area (Å²) >= 11 is 0. The SMILES string of the molecule is CC1(C)CCCC1C(N)c1cnccc1C(F)(F)F. The summed E-state index contributed by atoms with van der Waals surface area (Å²) in [5.41, 5.74) is 5.58. The predicted octanol–water partition coefficient (Wildman–Crippen LogP) is 3.93. The van der Waals surface area contributed by atoms with Crippen molar-refractivity contribution in [2.24, 2.45) is 17.1 Å². The van der Waals surface area contributed by atoms with E-state index in [1.54, 1.807) is 0 Å². The van der Waals surface area contributed by atoms with Crippen LogP contribution in [0.25, 0.3) is 0 Å². The Morgan fingerprint density at radius 1 is 1.42 bits per heavy atom. The summed E-state index contributed by atoms with van der Waals surface area (Å²) in [5.74, 6) is 0.0674. The van der Waals surface area contributed by atoms with Gasteiger partial charge in [0.1, 0.15) is 0 Å². The van der Waals surface area contributed by atoms with Crippen molar-refractivity contribution in [3.63, 3.8) is 0 Å². The maximum Gasteiger partial charge on any atom is 0.416 e. The molecule has 0 bridgehead atoms. The Morgan fingerprint density at radius 3 is 2.63 bits per heavy atom. The standard InChI is InChI=1S/C14H19F3N2/c1-13(2)6-3-4-11(13)12(18)9-8-19-7-5-10(9)14(15,16)17/h5,7-8,11-12H,3-4,6,18H2,1-2H3. The van der Waals surface area contributed by atoms with Gasteiger partial charge in [-0.1, -0.05) is 20.3 Å². The Bertz CT molecular complexity index is 454. The topological polar surface area (TPSA) is 38.9 Å². The fourth-order valence-electron chi connectivity index (χ4n) is 3.17. The van der Waals surface area contributed by atoms with Gasteiger partial charge in [-0.3, -0.25) is 4.98 Å². The number of halogens is 3. The van der Waals surface area contributed by atoms with E-state index in [1.807, 2.05) is 0 Å². The highest BCUT2D eigenvalue weighted by atomic mass is 19.4. The molecule has 1 aromatic heterocycles. The highest BCUT2D eigenvalue weighted by Gasteiger charge is 2.42. The van der Waals surface area contributed by atoms with E-state index in [2.05, 4.69) is 18.8 Å². The largest absolute Gasteiger partial charge is 0.416 e. The average molecular weight is 272 g/mol. The number of rotatable bonds is 2. The van der Waals surface area contributed by atoms with E-state index in [4.69, 9.17) is 5.73 Å². The van der Waals surface area contributed by atoms with Gasteiger partial charge in [-0.25, -0.2) is 0 Å². The van der Waals surface area contributed by atoms with Gasteiger partial charge < -0.3 is 5.73 Å². The number of hydrogen-bond donors (Lipinski definition) is 1. The summed E-state index contributed by atoms with van der Waals surface area (Å²) in [4.78, 5) is 3.82. The zero-order valence-electron chi connectivity index (χ0n) is 11.2. The fourth-order valence-corrected chi connectivity index (χ4v) is 3.17. The van der Waals surface area contributed by atoms with Crippen LogP contribution in [0.5, 0.6) is 0 Å². The van der Waals surface area contributed by atoms with Crippen LogP contribution < -0.4 is 5.73 Å². The number of aromatic nitrogens is 1. The lowest BCUT2D eigenvalue weighted by Crippen LogP contribution is -2.31. The van der Waals surface area contributed by atoms with Gasteiger partial charge in [0.25, 0.3) is 0 Å². The number of nitrogens with two attached hydrogens (primary N) is 1. The molecule has 0 aliphatic heterocycles. The normalized spacial score (nSPS) is 24.4. The highest BCUT2D eigenvalue weighted by Crippen LogP contribution is 2.49. The molecule has 0 saturated heterocycles. The van der Waals surface area contributed by atoms with Gasteiger partial charge in [-0.05, 0) is 35.8 Å². The summed E-state index contributed by atoms with van der Waals surface area (Å²) in [5, 5.41) is 0. The predicted molar refractivity (Wildman–Crippen MR) is 67.3 cm³/mol. The molecule has 2 unspecified atom stereocenters. The second-order valence-electron chi connectivity index (χ2n) is 5.97. The van der Waals surface area contributed by atoms with Crippen LogP contribution in [0.15, 0.2) is 18.5 Å². The molecule has 1 saturated carbocycles. The van der Waals surface area contributed by atoms with Crippen molar-refractivity contribution in [3.8, 4) is 0 Å². The first-order valence-electron chi connectivity index (χ1n) is 6.50. The number of hydrogen-bond acceptors (Lipinski definition) is 2. The van der Waals surface area contributed by atoms with E-state index < -0.39 is 17.8 Å². The summed E-state index contributed by atoms with van der Waals surface area (Å²) in [6, 6.07) is 0.403. The van der Waals surface area contributed by atoms with E-state index >= 15 is 0 Å². The Labute approximate surface area is 111 Å². The molecule has 0 radical (unpaired) electrons. The van der Waals surface area contributed by atoms with Gasteiger partial charge in [0.2, 0.25) is 0 Å². The molecule has 5 heteroatoms. The molecule has 2 nitrogen and oxygen atoms in total. The first-order chi connectivity index (χ1) is 8.73. The molecule has 1 aliphatic rings.